The zero-order valence-electron chi connectivity index (χ0n) is 13.5. The van der Waals surface area contributed by atoms with Crippen LogP contribution in [0.4, 0.5) is 5.69 Å². The average molecular weight is 353 g/mol. The molecule has 1 aliphatic carbocycles. The van der Waals surface area contributed by atoms with Crippen LogP contribution in [0, 0.1) is 0 Å². The van der Waals surface area contributed by atoms with Gasteiger partial charge in [-0.2, -0.15) is 0 Å². The summed E-state index contributed by atoms with van der Waals surface area (Å²) in [6.07, 6.45) is 8.07. The van der Waals surface area contributed by atoms with Crippen molar-refractivity contribution in [2.45, 2.75) is 65.0 Å². The molecule has 0 spiro atoms. The molecule has 0 heterocycles. The first-order valence-electron chi connectivity index (χ1n) is 8.52. The van der Waals surface area contributed by atoms with Crippen molar-refractivity contribution in [1.29, 1.82) is 0 Å². The first-order chi connectivity index (χ1) is 10.3. The molecule has 1 aliphatic rings. The maximum Gasteiger partial charge on any atom is 0.0425 e. The fraction of sp³-hybridized carbons (Fsp3) is 0.667. The molecule has 1 aromatic rings. The molecule has 1 aromatic carbocycles. The monoisotopic (exact) mass is 352 g/mol. The van der Waals surface area contributed by atoms with E-state index in [1.807, 2.05) is 0 Å². The van der Waals surface area contributed by atoms with Crippen molar-refractivity contribution in [3.63, 3.8) is 0 Å². The molecule has 2 nitrogen and oxygen atoms in total. The Kier molecular flexibility index (Phi) is 7.05. The summed E-state index contributed by atoms with van der Waals surface area (Å²) in [6.45, 7) is 7.67. The Morgan fingerprint density at radius 2 is 1.95 bits per heavy atom. The molecule has 3 heteroatoms. The van der Waals surface area contributed by atoms with Crippen LogP contribution in [0.1, 0.15) is 57.9 Å². The SMILES string of the molecule is CCCNCc1ccc(Br)cc1N(CC)C1CCCCC1. The van der Waals surface area contributed by atoms with Crippen molar-refractivity contribution in [3.05, 3.63) is 28.2 Å². The lowest BCUT2D eigenvalue weighted by Gasteiger charge is -2.36. The molecule has 21 heavy (non-hydrogen) atoms. The highest BCUT2D eigenvalue weighted by atomic mass is 79.9. The van der Waals surface area contributed by atoms with Gasteiger partial charge in [-0.05, 0) is 50.4 Å². The van der Waals surface area contributed by atoms with Crippen LogP contribution >= 0.6 is 15.9 Å². The molecule has 0 saturated heterocycles. The Bertz CT molecular complexity index is 427. The van der Waals surface area contributed by atoms with Gasteiger partial charge in [-0.25, -0.2) is 0 Å². The molecule has 0 unspecified atom stereocenters. The lowest BCUT2D eigenvalue weighted by molar-refractivity contribution is 0.417. The molecule has 2 rings (SSSR count). The average Bonchev–Trinajstić information content (AvgIpc) is 2.51. The van der Waals surface area contributed by atoms with E-state index in [-0.39, 0.29) is 0 Å². The molecule has 0 atom stereocenters. The third kappa shape index (κ3) is 4.72. The minimum atomic E-state index is 0.725. The topological polar surface area (TPSA) is 15.3 Å². The van der Waals surface area contributed by atoms with Crippen LogP contribution in [0.3, 0.4) is 0 Å². The summed E-state index contributed by atoms with van der Waals surface area (Å²) in [5.74, 6) is 0. The van der Waals surface area contributed by atoms with Crippen LogP contribution in [0.15, 0.2) is 22.7 Å². The zero-order valence-corrected chi connectivity index (χ0v) is 15.1. The van der Waals surface area contributed by atoms with E-state index in [0.717, 1.165) is 25.7 Å². The zero-order chi connectivity index (χ0) is 15.1. The number of hydrogen-bond acceptors (Lipinski definition) is 2. The lowest BCUT2D eigenvalue weighted by Crippen LogP contribution is -2.37. The summed E-state index contributed by atoms with van der Waals surface area (Å²) in [6, 6.07) is 7.47. The first-order valence-corrected chi connectivity index (χ1v) is 9.31. The predicted octanol–water partition coefficient (Wildman–Crippen LogP) is 5.11. The molecule has 1 fully saturated rings. The highest BCUT2D eigenvalue weighted by molar-refractivity contribution is 9.10. The standard InChI is InChI=1S/C18H29BrN2/c1-3-12-20-14-15-10-11-16(19)13-18(15)21(4-2)17-8-6-5-7-9-17/h10-11,13,17,20H,3-9,12,14H2,1-2H3. The van der Waals surface area contributed by atoms with E-state index in [1.165, 1.54) is 54.2 Å². The highest BCUT2D eigenvalue weighted by Gasteiger charge is 2.22. The van der Waals surface area contributed by atoms with Crippen LogP contribution in [-0.4, -0.2) is 19.1 Å². The van der Waals surface area contributed by atoms with E-state index in [2.05, 4.69) is 58.2 Å². The van der Waals surface area contributed by atoms with Gasteiger partial charge >= 0.3 is 0 Å². The van der Waals surface area contributed by atoms with Crippen molar-refractivity contribution < 1.29 is 0 Å². The third-order valence-electron chi connectivity index (χ3n) is 4.46. The highest BCUT2D eigenvalue weighted by Crippen LogP contribution is 2.31. The van der Waals surface area contributed by atoms with Crippen molar-refractivity contribution in [2.24, 2.45) is 0 Å². The maximum atomic E-state index is 3.65. The Labute approximate surface area is 138 Å². The normalized spacial score (nSPS) is 16.1. The minimum absolute atomic E-state index is 0.725. The summed E-state index contributed by atoms with van der Waals surface area (Å²) in [4.78, 5) is 2.63. The molecular weight excluding hydrogens is 324 g/mol. The van der Waals surface area contributed by atoms with Gasteiger partial charge in [0.2, 0.25) is 0 Å². The smallest absolute Gasteiger partial charge is 0.0425 e. The molecule has 0 amide bonds. The van der Waals surface area contributed by atoms with Gasteiger partial charge in [-0.15, -0.1) is 0 Å². The van der Waals surface area contributed by atoms with Gasteiger partial charge < -0.3 is 10.2 Å². The number of hydrogen-bond donors (Lipinski definition) is 1. The van der Waals surface area contributed by atoms with Gasteiger partial charge in [0.05, 0.1) is 0 Å². The second-order valence-electron chi connectivity index (χ2n) is 6.03. The first kappa shape index (κ1) is 16.8. The largest absolute Gasteiger partial charge is 0.369 e. The minimum Gasteiger partial charge on any atom is -0.369 e. The Morgan fingerprint density at radius 1 is 1.19 bits per heavy atom. The summed E-state index contributed by atoms with van der Waals surface area (Å²) in [5, 5.41) is 3.55. The fourth-order valence-electron chi connectivity index (χ4n) is 3.37. The molecule has 118 valence electrons. The molecule has 0 aromatic heterocycles. The Balaban J connectivity index is 2.18. The van der Waals surface area contributed by atoms with Crippen molar-refractivity contribution in [3.8, 4) is 0 Å². The Morgan fingerprint density at radius 3 is 2.62 bits per heavy atom. The summed E-state index contributed by atoms with van der Waals surface area (Å²) < 4.78 is 1.19. The molecule has 0 radical (unpaired) electrons. The van der Waals surface area contributed by atoms with Crippen LogP contribution in [0.5, 0.6) is 0 Å². The van der Waals surface area contributed by atoms with Crippen molar-refractivity contribution in [1.82, 2.24) is 5.32 Å². The van der Waals surface area contributed by atoms with Crippen molar-refractivity contribution in [2.75, 3.05) is 18.0 Å². The van der Waals surface area contributed by atoms with Gasteiger partial charge in [-0.3, -0.25) is 0 Å². The van der Waals surface area contributed by atoms with E-state index in [9.17, 15) is 0 Å². The summed E-state index contributed by atoms with van der Waals surface area (Å²) >= 11 is 3.65. The van der Waals surface area contributed by atoms with E-state index >= 15 is 0 Å². The van der Waals surface area contributed by atoms with E-state index < -0.39 is 0 Å². The number of benzene rings is 1. The molecule has 1 saturated carbocycles. The molecule has 0 bridgehead atoms. The van der Waals surface area contributed by atoms with E-state index in [4.69, 9.17) is 0 Å². The summed E-state index contributed by atoms with van der Waals surface area (Å²) in [5.41, 5.74) is 2.85. The van der Waals surface area contributed by atoms with Crippen molar-refractivity contribution >= 4 is 21.6 Å². The lowest BCUT2D eigenvalue weighted by atomic mass is 9.93. The van der Waals surface area contributed by atoms with Crippen LogP contribution < -0.4 is 10.2 Å². The Hall–Kier alpha value is -0.540. The number of nitrogens with zero attached hydrogens (tertiary/aromatic N) is 1. The molecular formula is C18H29BrN2. The number of nitrogens with one attached hydrogen (secondary N) is 1. The van der Waals surface area contributed by atoms with Gasteiger partial charge in [0.15, 0.2) is 0 Å². The number of halogens is 1. The van der Waals surface area contributed by atoms with Gasteiger partial charge in [0.1, 0.15) is 0 Å². The second-order valence-corrected chi connectivity index (χ2v) is 6.94. The number of anilines is 1. The summed E-state index contributed by atoms with van der Waals surface area (Å²) in [7, 11) is 0. The quantitative estimate of drug-likeness (QED) is 0.686. The number of rotatable bonds is 7. The van der Waals surface area contributed by atoms with E-state index in [0.29, 0.717) is 0 Å². The fourth-order valence-corrected chi connectivity index (χ4v) is 3.72. The van der Waals surface area contributed by atoms with Crippen LogP contribution in [-0.2, 0) is 6.54 Å². The molecule has 0 aliphatic heterocycles. The van der Waals surface area contributed by atoms with Crippen LogP contribution in [0.25, 0.3) is 0 Å². The second kappa shape index (κ2) is 8.79. The maximum absolute atomic E-state index is 3.65. The molecule has 1 N–H and O–H groups in total. The van der Waals surface area contributed by atoms with Gasteiger partial charge in [-0.1, -0.05) is 48.2 Å². The van der Waals surface area contributed by atoms with E-state index in [1.54, 1.807) is 0 Å². The third-order valence-corrected chi connectivity index (χ3v) is 4.95. The van der Waals surface area contributed by atoms with Gasteiger partial charge in [0.25, 0.3) is 0 Å². The predicted molar refractivity (Wildman–Crippen MR) is 96.0 cm³/mol. The van der Waals surface area contributed by atoms with Gasteiger partial charge in [0, 0.05) is 29.3 Å². The van der Waals surface area contributed by atoms with Crippen LogP contribution in [0.2, 0.25) is 0 Å².